The number of aromatic nitrogens is 2. The lowest BCUT2D eigenvalue weighted by molar-refractivity contribution is 0.0926. The van der Waals surface area contributed by atoms with E-state index in [1.54, 1.807) is 19.2 Å². The minimum atomic E-state index is -0.203. The third-order valence-corrected chi connectivity index (χ3v) is 5.79. The summed E-state index contributed by atoms with van der Waals surface area (Å²) in [4.78, 5) is 17.0. The molecular weight excluding hydrogens is 378 g/mol. The van der Waals surface area contributed by atoms with Crippen molar-refractivity contribution in [3.63, 3.8) is 0 Å². The average molecular weight is 401 g/mol. The van der Waals surface area contributed by atoms with E-state index in [0.717, 1.165) is 30.4 Å². The highest BCUT2D eigenvalue weighted by Gasteiger charge is 2.22. The molecule has 6 heteroatoms. The number of methoxy groups -OCH3 is 1. The van der Waals surface area contributed by atoms with Gasteiger partial charge in [-0.2, -0.15) is 0 Å². The average Bonchev–Trinajstić information content (AvgIpc) is 3.36. The summed E-state index contributed by atoms with van der Waals surface area (Å²) in [5.41, 5.74) is 7.25. The lowest BCUT2D eigenvalue weighted by atomic mass is 9.99. The van der Waals surface area contributed by atoms with Crippen LogP contribution in [0.2, 0.25) is 0 Å². The molecule has 4 aromatic rings. The number of nitrogens with one attached hydrogen (secondary N) is 1. The molecule has 0 spiro atoms. The van der Waals surface area contributed by atoms with Gasteiger partial charge >= 0.3 is 0 Å². The molecule has 1 amide bonds. The first-order valence-corrected chi connectivity index (χ1v) is 10.2. The molecule has 0 atom stereocenters. The number of hydrogen-bond acceptors (Lipinski definition) is 4. The van der Waals surface area contributed by atoms with E-state index in [2.05, 4.69) is 40.2 Å². The summed E-state index contributed by atoms with van der Waals surface area (Å²) < 4.78 is 12.9. The quantitative estimate of drug-likeness (QED) is 0.553. The van der Waals surface area contributed by atoms with Gasteiger partial charge in [-0.05, 0) is 42.2 Å². The van der Waals surface area contributed by atoms with E-state index in [4.69, 9.17) is 14.1 Å². The van der Waals surface area contributed by atoms with Gasteiger partial charge in [0.25, 0.3) is 5.91 Å². The molecule has 1 aromatic carbocycles. The molecular formula is C24H23N3O3. The number of aryl methyl sites for hydroxylation is 2. The minimum absolute atomic E-state index is 0.203. The minimum Gasteiger partial charge on any atom is -0.481 e. The second-order valence-corrected chi connectivity index (χ2v) is 7.48. The molecule has 1 aliphatic rings. The van der Waals surface area contributed by atoms with Gasteiger partial charge in [-0.25, -0.2) is 4.98 Å². The SMILES string of the molecule is COc1ccc2c(n1)c(CCNC(=O)c1ccco1)c1n2CCc2ccccc2C1. The fraction of sp³-hybridized carbons (Fsp3) is 0.250. The summed E-state index contributed by atoms with van der Waals surface area (Å²) in [7, 11) is 1.63. The molecule has 0 saturated heterocycles. The molecule has 0 bridgehead atoms. The van der Waals surface area contributed by atoms with E-state index in [1.807, 2.05) is 6.07 Å². The van der Waals surface area contributed by atoms with Gasteiger partial charge in [0.2, 0.25) is 5.88 Å². The Morgan fingerprint density at radius 2 is 2.03 bits per heavy atom. The number of carbonyl (C=O) groups excluding carboxylic acids is 1. The molecule has 4 heterocycles. The van der Waals surface area contributed by atoms with Crippen molar-refractivity contribution in [2.75, 3.05) is 13.7 Å². The Bertz CT molecular complexity index is 1210. The van der Waals surface area contributed by atoms with Gasteiger partial charge in [-0.1, -0.05) is 24.3 Å². The first-order chi connectivity index (χ1) is 14.7. The van der Waals surface area contributed by atoms with Gasteiger partial charge in [-0.15, -0.1) is 0 Å². The zero-order valence-electron chi connectivity index (χ0n) is 16.9. The number of rotatable bonds is 5. The number of furan rings is 1. The largest absolute Gasteiger partial charge is 0.481 e. The van der Waals surface area contributed by atoms with Crippen molar-refractivity contribution in [2.45, 2.75) is 25.8 Å². The zero-order valence-corrected chi connectivity index (χ0v) is 16.9. The Hall–Kier alpha value is -3.54. The van der Waals surface area contributed by atoms with Gasteiger partial charge in [0.1, 0.15) is 0 Å². The molecule has 0 radical (unpaired) electrons. The van der Waals surface area contributed by atoms with Crippen molar-refractivity contribution < 1.29 is 13.9 Å². The van der Waals surface area contributed by atoms with Crippen LogP contribution in [-0.4, -0.2) is 29.1 Å². The van der Waals surface area contributed by atoms with Gasteiger partial charge < -0.3 is 19.0 Å². The molecule has 1 N–H and O–H groups in total. The number of fused-ring (bicyclic) bond motifs is 4. The molecule has 6 nitrogen and oxygen atoms in total. The third-order valence-electron chi connectivity index (χ3n) is 5.79. The number of nitrogens with zero attached hydrogens (tertiary/aromatic N) is 2. The van der Waals surface area contributed by atoms with Crippen molar-refractivity contribution in [3.05, 3.63) is 82.9 Å². The van der Waals surface area contributed by atoms with Crippen molar-refractivity contribution in [3.8, 4) is 5.88 Å². The molecule has 5 rings (SSSR count). The van der Waals surface area contributed by atoms with E-state index < -0.39 is 0 Å². The van der Waals surface area contributed by atoms with Crippen molar-refractivity contribution in [1.82, 2.24) is 14.9 Å². The topological polar surface area (TPSA) is 69.3 Å². The third kappa shape index (κ3) is 3.24. The predicted molar refractivity (Wildman–Crippen MR) is 114 cm³/mol. The van der Waals surface area contributed by atoms with Crippen LogP contribution in [0.15, 0.2) is 59.2 Å². The molecule has 0 saturated carbocycles. The van der Waals surface area contributed by atoms with Crippen LogP contribution >= 0.6 is 0 Å². The highest BCUT2D eigenvalue weighted by atomic mass is 16.5. The Morgan fingerprint density at radius 1 is 1.17 bits per heavy atom. The van der Waals surface area contributed by atoms with E-state index in [9.17, 15) is 4.79 Å². The first-order valence-electron chi connectivity index (χ1n) is 10.2. The number of hydrogen-bond donors (Lipinski definition) is 1. The number of carbonyl (C=O) groups is 1. The Morgan fingerprint density at radius 3 is 2.83 bits per heavy atom. The Kier molecular flexibility index (Phi) is 4.75. The maximum atomic E-state index is 12.3. The summed E-state index contributed by atoms with van der Waals surface area (Å²) in [5.74, 6) is 0.722. The second kappa shape index (κ2) is 7.71. The molecule has 152 valence electrons. The van der Waals surface area contributed by atoms with Crippen LogP contribution in [0.4, 0.5) is 0 Å². The van der Waals surface area contributed by atoms with Gasteiger partial charge in [0.05, 0.1) is 24.4 Å². The summed E-state index contributed by atoms with van der Waals surface area (Å²) in [6, 6.07) is 16.0. The highest BCUT2D eigenvalue weighted by Crippen LogP contribution is 2.32. The monoisotopic (exact) mass is 401 g/mol. The highest BCUT2D eigenvalue weighted by molar-refractivity contribution is 5.91. The van der Waals surface area contributed by atoms with Gasteiger partial charge in [0, 0.05) is 36.8 Å². The van der Waals surface area contributed by atoms with E-state index in [1.165, 1.54) is 28.6 Å². The molecule has 0 unspecified atom stereocenters. The van der Waals surface area contributed by atoms with Gasteiger partial charge in [0.15, 0.2) is 5.76 Å². The van der Waals surface area contributed by atoms with Crippen molar-refractivity contribution in [2.24, 2.45) is 0 Å². The molecule has 30 heavy (non-hydrogen) atoms. The molecule has 1 aliphatic heterocycles. The molecule has 3 aromatic heterocycles. The van der Waals surface area contributed by atoms with E-state index in [0.29, 0.717) is 24.6 Å². The molecule has 0 aliphatic carbocycles. The summed E-state index contributed by atoms with van der Waals surface area (Å²) in [5, 5.41) is 2.96. The zero-order chi connectivity index (χ0) is 20.5. The van der Waals surface area contributed by atoms with Crippen LogP contribution in [0.3, 0.4) is 0 Å². The predicted octanol–water partition coefficient (Wildman–Crippen LogP) is 3.76. The van der Waals surface area contributed by atoms with Crippen molar-refractivity contribution in [1.29, 1.82) is 0 Å². The van der Waals surface area contributed by atoms with Crippen LogP contribution in [0, 0.1) is 0 Å². The number of amides is 1. The number of ether oxygens (including phenoxy) is 1. The van der Waals surface area contributed by atoms with Crippen molar-refractivity contribution >= 4 is 16.9 Å². The lowest BCUT2D eigenvalue weighted by Gasteiger charge is -2.09. The lowest BCUT2D eigenvalue weighted by Crippen LogP contribution is -2.25. The summed E-state index contributed by atoms with van der Waals surface area (Å²) in [6.45, 7) is 1.42. The normalized spacial score (nSPS) is 12.8. The van der Waals surface area contributed by atoms with E-state index in [-0.39, 0.29) is 5.91 Å². The van der Waals surface area contributed by atoms with E-state index >= 15 is 0 Å². The smallest absolute Gasteiger partial charge is 0.286 e. The first kappa shape index (κ1) is 18.5. The molecule has 0 fully saturated rings. The maximum Gasteiger partial charge on any atom is 0.286 e. The fourth-order valence-electron chi connectivity index (χ4n) is 4.34. The Labute approximate surface area is 174 Å². The summed E-state index contributed by atoms with van der Waals surface area (Å²) >= 11 is 0. The fourth-order valence-corrected chi connectivity index (χ4v) is 4.34. The van der Waals surface area contributed by atoms with Crippen LogP contribution in [0.25, 0.3) is 11.0 Å². The maximum absolute atomic E-state index is 12.3. The van der Waals surface area contributed by atoms with Crippen LogP contribution in [0.5, 0.6) is 5.88 Å². The van der Waals surface area contributed by atoms with Crippen LogP contribution in [0.1, 0.15) is 32.9 Å². The Balaban J connectivity index is 1.51. The number of pyridine rings is 1. The summed E-state index contributed by atoms with van der Waals surface area (Å²) in [6.07, 6.45) is 4.04. The van der Waals surface area contributed by atoms with Gasteiger partial charge in [-0.3, -0.25) is 4.79 Å². The van der Waals surface area contributed by atoms with Crippen LogP contribution < -0.4 is 10.1 Å². The van der Waals surface area contributed by atoms with Crippen LogP contribution in [-0.2, 0) is 25.8 Å². The standard InChI is InChI=1S/C24H23N3O3/c1-29-22-9-8-19-23(26-22)18(10-12-25-24(28)21-7-4-14-30-21)20-15-17-6-3-2-5-16(17)11-13-27(19)20/h2-9,14H,10-13,15H2,1H3,(H,25,28). The second-order valence-electron chi connectivity index (χ2n) is 7.48. The number of benzene rings is 1.